The first-order chi connectivity index (χ1) is 8.63. The summed E-state index contributed by atoms with van der Waals surface area (Å²) in [6, 6.07) is 1.94. The van der Waals surface area contributed by atoms with Crippen LogP contribution in [0.3, 0.4) is 0 Å². The van der Waals surface area contributed by atoms with Gasteiger partial charge in [0.2, 0.25) is 0 Å². The van der Waals surface area contributed by atoms with Crippen molar-refractivity contribution in [2.45, 2.75) is 33.9 Å². The number of aryl methyl sites for hydroxylation is 1. The molecule has 0 saturated carbocycles. The van der Waals surface area contributed by atoms with E-state index in [1.807, 2.05) is 30.1 Å². The zero-order chi connectivity index (χ0) is 13.0. The van der Waals surface area contributed by atoms with Gasteiger partial charge in [-0.3, -0.25) is 0 Å². The summed E-state index contributed by atoms with van der Waals surface area (Å²) in [7, 11) is 0. The Morgan fingerprint density at radius 3 is 2.94 bits per heavy atom. The van der Waals surface area contributed by atoms with Crippen molar-refractivity contribution in [1.29, 1.82) is 0 Å². The van der Waals surface area contributed by atoms with Crippen molar-refractivity contribution < 1.29 is 4.52 Å². The summed E-state index contributed by atoms with van der Waals surface area (Å²) in [6.45, 7) is 8.80. The summed E-state index contributed by atoms with van der Waals surface area (Å²) in [5, 5.41) is 7.24. The third-order valence-corrected chi connectivity index (χ3v) is 2.56. The van der Waals surface area contributed by atoms with Crippen LogP contribution in [0.4, 0.5) is 0 Å². The van der Waals surface area contributed by atoms with Gasteiger partial charge in [-0.25, -0.2) is 4.98 Å². The van der Waals surface area contributed by atoms with Crippen molar-refractivity contribution in [2.24, 2.45) is 5.92 Å². The van der Waals surface area contributed by atoms with Crippen LogP contribution in [-0.2, 0) is 13.1 Å². The normalized spacial score (nSPS) is 11.3. The summed E-state index contributed by atoms with van der Waals surface area (Å²) in [5.74, 6) is 1.51. The largest absolute Gasteiger partial charge is 0.359 e. The lowest BCUT2D eigenvalue weighted by Crippen LogP contribution is -2.19. The highest BCUT2D eigenvalue weighted by atomic mass is 16.5. The summed E-state index contributed by atoms with van der Waals surface area (Å²) < 4.78 is 7.18. The van der Waals surface area contributed by atoms with E-state index in [4.69, 9.17) is 4.52 Å². The second kappa shape index (κ2) is 5.82. The van der Waals surface area contributed by atoms with Gasteiger partial charge in [-0.15, -0.1) is 0 Å². The molecular formula is C13H20N4O. The minimum atomic E-state index is 0.657. The van der Waals surface area contributed by atoms with E-state index < -0.39 is 0 Å². The molecule has 0 amide bonds. The van der Waals surface area contributed by atoms with Gasteiger partial charge in [-0.2, -0.15) is 0 Å². The van der Waals surface area contributed by atoms with E-state index >= 15 is 0 Å². The van der Waals surface area contributed by atoms with Crippen LogP contribution in [0.5, 0.6) is 0 Å². The first-order valence-corrected chi connectivity index (χ1v) is 6.27. The highest BCUT2D eigenvalue weighted by molar-refractivity contribution is 5.05. The minimum Gasteiger partial charge on any atom is -0.359 e. The Morgan fingerprint density at radius 1 is 1.44 bits per heavy atom. The van der Waals surface area contributed by atoms with Crippen LogP contribution in [0.15, 0.2) is 23.1 Å². The molecule has 0 radical (unpaired) electrons. The number of hydrogen-bond acceptors (Lipinski definition) is 4. The molecule has 2 rings (SSSR count). The smallest absolute Gasteiger partial charge is 0.156 e. The quantitative estimate of drug-likeness (QED) is 0.849. The Hall–Kier alpha value is -1.62. The van der Waals surface area contributed by atoms with E-state index in [9.17, 15) is 0 Å². The lowest BCUT2D eigenvalue weighted by Gasteiger charge is -2.04. The van der Waals surface area contributed by atoms with Crippen LogP contribution < -0.4 is 5.32 Å². The van der Waals surface area contributed by atoms with Crippen LogP contribution >= 0.6 is 0 Å². The maximum absolute atomic E-state index is 5.18. The average molecular weight is 248 g/mol. The van der Waals surface area contributed by atoms with Gasteiger partial charge in [0.25, 0.3) is 0 Å². The number of rotatable bonds is 6. The Bertz CT molecular complexity index is 487. The molecule has 0 aliphatic carbocycles. The molecule has 0 aliphatic heterocycles. The maximum atomic E-state index is 5.18. The second-order valence-corrected chi connectivity index (χ2v) is 5.00. The van der Waals surface area contributed by atoms with Crippen LogP contribution in [0.1, 0.15) is 31.0 Å². The molecule has 0 fully saturated rings. The van der Waals surface area contributed by atoms with E-state index in [1.54, 1.807) is 0 Å². The highest BCUT2D eigenvalue weighted by Crippen LogP contribution is 2.06. The van der Waals surface area contributed by atoms with Gasteiger partial charge in [0, 0.05) is 18.8 Å². The molecule has 98 valence electrons. The van der Waals surface area contributed by atoms with Crippen molar-refractivity contribution in [3.8, 4) is 0 Å². The molecule has 0 saturated heterocycles. The van der Waals surface area contributed by atoms with Crippen molar-refractivity contribution in [3.05, 3.63) is 35.7 Å². The molecule has 2 heterocycles. The molecule has 0 spiro atoms. The molecule has 0 aromatic carbocycles. The fourth-order valence-electron chi connectivity index (χ4n) is 1.74. The molecule has 0 atom stereocenters. The van der Waals surface area contributed by atoms with Gasteiger partial charge in [-0.1, -0.05) is 19.0 Å². The Labute approximate surface area is 107 Å². The highest BCUT2D eigenvalue weighted by Gasteiger charge is 2.04. The Kier molecular flexibility index (Phi) is 4.15. The molecule has 0 unspecified atom stereocenters. The molecule has 5 heteroatoms. The third-order valence-electron chi connectivity index (χ3n) is 2.56. The van der Waals surface area contributed by atoms with Crippen LogP contribution in [0, 0.1) is 12.8 Å². The van der Waals surface area contributed by atoms with E-state index in [1.165, 1.54) is 0 Å². The van der Waals surface area contributed by atoms with E-state index in [2.05, 4.69) is 29.3 Å². The van der Waals surface area contributed by atoms with Gasteiger partial charge < -0.3 is 14.4 Å². The monoisotopic (exact) mass is 248 g/mol. The van der Waals surface area contributed by atoms with Gasteiger partial charge in [0.1, 0.15) is 0 Å². The number of aromatic nitrogens is 3. The first kappa shape index (κ1) is 12.8. The summed E-state index contributed by atoms with van der Waals surface area (Å²) in [6.07, 6.45) is 3.86. The molecule has 5 nitrogen and oxygen atoms in total. The zero-order valence-corrected chi connectivity index (χ0v) is 11.2. The van der Waals surface area contributed by atoms with E-state index in [0.29, 0.717) is 12.5 Å². The lowest BCUT2D eigenvalue weighted by molar-refractivity contribution is 0.373. The first-order valence-electron chi connectivity index (χ1n) is 6.27. The van der Waals surface area contributed by atoms with Crippen LogP contribution in [-0.4, -0.2) is 21.3 Å². The zero-order valence-electron chi connectivity index (χ0n) is 11.2. The molecule has 2 aromatic heterocycles. The molecule has 18 heavy (non-hydrogen) atoms. The standard InChI is InChI=1S/C13H20N4O/c1-10(2)5-14-6-12-7-17(9-15-12)8-13-4-11(3)16-18-13/h4,7,9-10,14H,5-6,8H2,1-3H3. The lowest BCUT2D eigenvalue weighted by atomic mass is 10.2. The van der Waals surface area contributed by atoms with Gasteiger partial charge in [0.15, 0.2) is 5.76 Å². The van der Waals surface area contributed by atoms with Crippen molar-refractivity contribution in [2.75, 3.05) is 6.54 Å². The summed E-state index contributed by atoms with van der Waals surface area (Å²) in [4.78, 5) is 4.35. The van der Waals surface area contributed by atoms with Crippen molar-refractivity contribution >= 4 is 0 Å². The second-order valence-electron chi connectivity index (χ2n) is 5.00. The number of hydrogen-bond donors (Lipinski definition) is 1. The van der Waals surface area contributed by atoms with Crippen molar-refractivity contribution in [3.63, 3.8) is 0 Å². The molecule has 1 N–H and O–H groups in total. The number of nitrogens with zero attached hydrogens (tertiary/aromatic N) is 3. The maximum Gasteiger partial charge on any atom is 0.156 e. The summed E-state index contributed by atoms with van der Waals surface area (Å²) >= 11 is 0. The van der Waals surface area contributed by atoms with E-state index in [0.717, 1.165) is 30.2 Å². The molecule has 2 aromatic rings. The third kappa shape index (κ3) is 3.70. The Morgan fingerprint density at radius 2 is 2.28 bits per heavy atom. The average Bonchev–Trinajstić information content (AvgIpc) is 2.89. The fraction of sp³-hybridized carbons (Fsp3) is 0.538. The topological polar surface area (TPSA) is 55.9 Å². The fourth-order valence-corrected chi connectivity index (χ4v) is 1.74. The van der Waals surface area contributed by atoms with Crippen molar-refractivity contribution in [1.82, 2.24) is 20.0 Å². The van der Waals surface area contributed by atoms with Crippen LogP contribution in [0.2, 0.25) is 0 Å². The SMILES string of the molecule is Cc1cc(Cn2cnc(CNCC(C)C)c2)on1. The predicted octanol–water partition coefficient (Wildman–Crippen LogP) is 1.97. The minimum absolute atomic E-state index is 0.657. The molecule has 0 aliphatic rings. The number of nitrogens with one attached hydrogen (secondary N) is 1. The molecule has 0 bridgehead atoms. The van der Waals surface area contributed by atoms with E-state index in [-0.39, 0.29) is 0 Å². The van der Waals surface area contributed by atoms with Gasteiger partial charge >= 0.3 is 0 Å². The van der Waals surface area contributed by atoms with Gasteiger partial charge in [-0.05, 0) is 19.4 Å². The summed E-state index contributed by atoms with van der Waals surface area (Å²) in [5.41, 5.74) is 1.95. The number of imidazole rings is 1. The molecular weight excluding hydrogens is 228 g/mol. The van der Waals surface area contributed by atoms with Gasteiger partial charge in [0.05, 0.1) is 24.3 Å². The predicted molar refractivity (Wildman–Crippen MR) is 69.1 cm³/mol. The van der Waals surface area contributed by atoms with Crippen LogP contribution in [0.25, 0.3) is 0 Å². The Balaban J connectivity index is 1.86.